The van der Waals surface area contributed by atoms with Crippen LogP contribution in [0.5, 0.6) is 0 Å². The molecule has 0 unspecified atom stereocenters. The van der Waals surface area contributed by atoms with Gasteiger partial charge in [0.15, 0.2) is 5.76 Å². The van der Waals surface area contributed by atoms with Crippen LogP contribution < -0.4 is 5.32 Å². The molecule has 1 N–H and O–H groups in total. The summed E-state index contributed by atoms with van der Waals surface area (Å²) in [5.74, 6) is -0.102. The molecule has 1 saturated heterocycles. The monoisotopic (exact) mass is 376 g/mol. The molecule has 6 heteroatoms. The number of piperidine rings is 1. The van der Waals surface area contributed by atoms with Crippen LogP contribution in [0.2, 0.25) is 0 Å². The Labute approximate surface area is 142 Å². The second-order valence-corrected chi connectivity index (χ2v) is 6.48. The number of benzene rings is 1. The molecule has 0 saturated carbocycles. The lowest BCUT2D eigenvalue weighted by Crippen LogP contribution is -2.43. The molecule has 1 aromatic carbocycles. The van der Waals surface area contributed by atoms with Gasteiger partial charge in [-0.1, -0.05) is 22.0 Å². The number of halogens is 1. The normalized spacial score (nSPS) is 17.8. The molecule has 1 aliphatic heterocycles. The van der Waals surface area contributed by atoms with Gasteiger partial charge in [-0.15, -0.1) is 0 Å². The Bertz CT molecular complexity index is 700. The first kappa shape index (κ1) is 15.8. The number of nitrogens with zero attached hydrogens (tertiary/aromatic N) is 1. The third-order valence-corrected chi connectivity index (χ3v) is 4.40. The van der Waals surface area contributed by atoms with Gasteiger partial charge >= 0.3 is 0 Å². The fourth-order valence-corrected chi connectivity index (χ4v) is 3.14. The van der Waals surface area contributed by atoms with E-state index in [4.69, 9.17) is 4.42 Å². The zero-order valence-corrected chi connectivity index (χ0v) is 14.1. The highest BCUT2D eigenvalue weighted by atomic mass is 79.9. The van der Waals surface area contributed by atoms with Gasteiger partial charge in [0.1, 0.15) is 0 Å². The van der Waals surface area contributed by atoms with Crippen LogP contribution in [0.3, 0.4) is 0 Å². The number of hydrogen-bond donors (Lipinski definition) is 1. The molecule has 3 rings (SSSR count). The van der Waals surface area contributed by atoms with Crippen molar-refractivity contribution in [2.75, 3.05) is 18.4 Å². The zero-order valence-electron chi connectivity index (χ0n) is 12.5. The summed E-state index contributed by atoms with van der Waals surface area (Å²) in [6.45, 7) is 1.07. The highest BCUT2D eigenvalue weighted by Crippen LogP contribution is 2.22. The van der Waals surface area contributed by atoms with Crippen molar-refractivity contribution in [3.05, 3.63) is 52.9 Å². The topological polar surface area (TPSA) is 62.6 Å². The number of carbonyl (C=O) groups excluding carboxylic acids is 2. The van der Waals surface area contributed by atoms with Gasteiger partial charge in [0.05, 0.1) is 12.2 Å². The van der Waals surface area contributed by atoms with Crippen molar-refractivity contribution in [2.24, 2.45) is 5.92 Å². The molecular weight excluding hydrogens is 360 g/mol. The molecule has 2 aromatic rings. The zero-order chi connectivity index (χ0) is 16.2. The highest BCUT2D eigenvalue weighted by molar-refractivity contribution is 9.10. The van der Waals surface area contributed by atoms with Crippen LogP contribution in [0.4, 0.5) is 5.69 Å². The number of anilines is 1. The summed E-state index contributed by atoms with van der Waals surface area (Å²) in [6.07, 6.45) is 3.07. The first-order valence-electron chi connectivity index (χ1n) is 7.52. The van der Waals surface area contributed by atoms with Crippen molar-refractivity contribution in [1.82, 2.24) is 4.90 Å². The summed E-state index contributed by atoms with van der Waals surface area (Å²) >= 11 is 3.38. The van der Waals surface area contributed by atoms with Crippen LogP contribution in [-0.2, 0) is 4.79 Å². The first-order chi connectivity index (χ1) is 11.1. The maximum Gasteiger partial charge on any atom is 0.289 e. The van der Waals surface area contributed by atoms with E-state index in [9.17, 15) is 9.59 Å². The number of rotatable bonds is 3. The lowest BCUT2D eigenvalue weighted by atomic mass is 9.96. The standard InChI is InChI=1S/C17H17BrN2O3/c18-13-5-1-6-14(10-13)19-16(21)12-4-2-8-20(11-12)17(22)15-7-3-9-23-15/h1,3,5-7,9-10,12H,2,4,8,11H2,(H,19,21)/t12-/m0/s1. The van der Waals surface area contributed by atoms with Crippen molar-refractivity contribution in [3.8, 4) is 0 Å². The Morgan fingerprint density at radius 3 is 2.87 bits per heavy atom. The highest BCUT2D eigenvalue weighted by Gasteiger charge is 2.29. The van der Waals surface area contributed by atoms with Crippen molar-refractivity contribution < 1.29 is 14.0 Å². The Hall–Kier alpha value is -2.08. The van der Waals surface area contributed by atoms with Gasteiger partial charge in [-0.2, -0.15) is 0 Å². The number of hydrogen-bond acceptors (Lipinski definition) is 3. The largest absolute Gasteiger partial charge is 0.459 e. The molecule has 0 aliphatic carbocycles. The Kier molecular flexibility index (Phi) is 4.81. The van der Waals surface area contributed by atoms with E-state index in [1.165, 1.54) is 6.26 Å². The van der Waals surface area contributed by atoms with Crippen molar-refractivity contribution in [2.45, 2.75) is 12.8 Å². The van der Waals surface area contributed by atoms with Crippen LogP contribution in [0, 0.1) is 5.92 Å². The smallest absolute Gasteiger partial charge is 0.289 e. The molecule has 1 aromatic heterocycles. The Balaban J connectivity index is 1.64. The van der Waals surface area contributed by atoms with Gasteiger partial charge in [0.25, 0.3) is 5.91 Å². The minimum atomic E-state index is -0.207. The number of furan rings is 1. The molecule has 120 valence electrons. The minimum absolute atomic E-state index is 0.0555. The van der Waals surface area contributed by atoms with E-state index in [1.807, 2.05) is 24.3 Å². The first-order valence-corrected chi connectivity index (χ1v) is 8.32. The molecule has 2 heterocycles. The van der Waals surface area contributed by atoms with Crippen LogP contribution in [0.15, 0.2) is 51.6 Å². The van der Waals surface area contributed by atoms with E-state index in [1.54, 1.807) is 17.0 Å². The summed E-state index contributed by atoms with van der Waals surface area (Å²) in [7, 11) is 0. The van der Waals surface area contributed by atoms with Crippen molar-refractivity contribution in [1.29, 1.82) is 0 Å². The average Bonchev–Trinajstić information content (AvgIpc) is 3.09. The Morgan fingerprint density at radius 2 is 2.13 bits per heavy atom. The molecular formula is C17H17BrN2O3. The van der Waals surface area contributed by atoms with E-state index in [2.05, 4.69) is 21.2 Å². The quantitative estimate of drug-likeness (QED) is 0.890. The molecule has 5 nitrogen and oxygen atoms in total. The molecule has 0 spiro atoms. The van der Waals surface area contributed by atoms with Gasteiger partial charge < -0.3 is 14.6 Å². The van der Waals surface area contributed by atoms with Crippen LogP contribution in [0.1, 0.15) is 23.4 Å². The third-order valence-electron chi connectivity index (χ3n) is 3.90. The second-order valence-electron chi connectivity index (χ2n) is 5.57. The van der Waals surface area contributed by atoms with Crippen LogP contribution in [0.25, 0.3) is 0 Å². The molecule has 0 bridgehead atoms. The molecule has 2 amide bonds. The predicted molar refractivity (Wildman–Crippen MR) is 90.1 cm³/mol. The van der Waals surface area contributed by atoms with Gasteiger partial charge in [-0.3, -0.25) is 9.59 Å². The molecule has 1 aliphatic rings. The number of nitrogens with one attached hydrogen (secondary N) is 1. The number of amides is 2. The minimum Gasteiger partial charge on any atom is -0.459 e. The van der Waals surface area contributed by atoms with Gasteiger partial charge in [-0.25, -0.2) is 0 Å². The lowest BCUT2D eigenvalue weighted by molar-refractivity contribution is -0.121. The van der Waals surface area contributed by atoms with E-state index in [-0.39, 0.29) is 17.7 Å². The third kappa shape index (κ3) is 3.82. The number of likely N-dealkylation sites (tertiary alicyclic amines) is 1. The molecule has 0 radical (unpaired) electrons. The predicted octanol–water partition coefficient (Wildman–Crippen LogP) is 3.53. The van der Waals surface area contributed by atoms with Gasteiger partial charge in [0.2, 0.25) is 5.91 Å². The van der Waals surface area contributed by atoms with Crippen LogP contribution in [-0.4, -0.2) is 29.8 Å². The van der Waals surface area contributed by atoms with E-state index in [0.717, 1.165) is 23.0 Å². The van der Waals surface area contributed by atoms with Gasteiger partial charge in [0, 0.05) is 23.2 Å². The maximum atomic E-state index is 12.4. The summed E-state index contributed by atoms with van der Waals surface area (Å²) in [5, 5.41) is 2.92. The summed E-state index contributed by atoms with van der Waals surface area (Å²) in [5.41, 5.74) is 0.749. The van der Waals surface area contributed by atoms with Crippen molar-refractivity contribution >= 4 is 33.4 Å². The Morgan fingerprint density at radius 1 is 1.26 bits per heavy atom. The summed E-state index contributed by atoms with van der Waals surface area (Å²) in [6, 6.07) is 10.8. The van der Waals surface area contributed by atoms with E-state index < -0.39 is 0 Å². The number of carbonyl (C=O) groups is 2. The molecule has 23 heavy (non-hydrogen) atoms. The molecule has 1 fully saturated rings. The van der Waals surface area contributed by atoms with Crippen molar-refractivity contribution in [3.63, 3.8) is 0 Å². The lowest BCUT2D eigenvalue weighted by Gasteiger charge is -2.31. The van der Waals surface area contributed by atoms with E-state index in [0.29, 0.717) is 18.8 Å². The van der Waals surface area contributed by atoms with E-state index >= 15 is 0 Å². The van der Waals surface area contributed by atoms with Gasteiger partial charge in [-0.05, 0) is 43.2 Å². The average molecular weight is 377 g/mol. The summed E-state index contributed by atoms with van der Waals surface area (Å²) in [4.78, 5) is 26.5. The molecule has 1 atom stereocenters. The fraction of sp³-hybridized carbons (Fsp3) is 0.294. The second kappa shape index (κ2) is 7.00. The fourth-order valence-electron chi connectivity index (χ4n) is 2.74. The van der Waals surface area contributed by atoms with Crippen LogP contribution >= 0.6 is 15.9 Å². The SMILES string of the molecule is O=C(Nc1cccc(Br)c1)[C@H]1CCCN(C(=O)c2ccco2)C1. The summed E-state index contributed by atoms with van der Waals surface area (Å²) < 4.78 is 6.07. The maximum absolute atomic E-state index is 12.4.